The summed E-state index contributed by atoms with van der Waals surface area (Å²) in [6, 6.07) is 14.0. The van der Waals surface area contributed by atoms with Gasteiger partial charge in [-0.05, 0) is 36.8 Å². The van der Waals surface area contributed by atoms with Crippen molar-refractivity contribution in [2.24, 2.45) is 5.73 Å². The van der Waals surface area contributed by atoms with Gasteiger partial charge in [0.25, 0.3) is 0 Å². The minimum Gasteiger partial charge on any atom is -0.497 e. The van der Waals surface area contributed by atoms with E-state index in [4.69, 9.17) is 10.5 Å². The molecular formula is C17H19NO3S. The molecule has 5 heteroatoms. The molecule has 1 saturated carbocycles. The predicted molar refractivity (Wildman–Crippen MR) is 85.9 cm³/mol. The molecule has 116 valence electrons. The highest BCUT2D eigenvalue weighted by molar-refractivity contribution is 7.92. The van der Waals surface area contributed by atoms with Crippen LogP contribution in [0.4, 0.5) is 0 Å². The maximum absolute atomic E-state index is 12.7. The average Bonchev–Trinajstić information content (AvgIpc) is 3.20. The highest BCUT2D eigenvalue weighted by Crippen LogP contribution is 2.47. The van der Waals surface area contributed by atoms with Crippen molar-refractivity contribution in [3.63, 3.8) is 0 Å². The Labute approximate surface area is 130 Å². The normalized spacial score (nSPS) is 24.0. The first-order valence-corrected chi connectivity index (χ1v) is 8.70. The molecule has 0 aliphatic heterocycles. The fourth-order valence-electron chi connectivity index (χ4n) is 2.83. The van der Waals surface area contributed by atoms with Gasteiger partial charge in [-0.25, -0.2) is 8.42 Å². The molecule has 0 unspecified atom stereocenters. The van der Waals surface area contributed by atoms with Crippen LogP contribution in [0.1, 0.15) is 17.0 Å². The lowest BCUT2D eigenvalue weighted by atomic mass is 10.1. The van der Waals surface area contributed by atoms with Crippen LogP contribution in [0.3, 0.4) is 0 Å². The average molecular weight is 317 g/mol. The second-order valence-electron chi connectivity index (χ2n) is 5.70. The number of benzene rings is 2. The molecule has 0 radical (unpaired) electrons. The van der Waals surface area contributed by atoms with Gasteiger partial charge in [0.2, 0.25) is 0 Å². The maximum atomic E-state index is 12.7. The summed E-state index contributed by atoms with van der Waals surface area (Å²) in [7, 11) is -1.80. The summed E-state index contributed by atoms with van der Waals surface area (Å²) in [5.74, 6) is 0.591. The van der Waals surface area contributed by atoms with Crippen molar-refractivity contribution in [2.45, 2.75) is 29.0 Å². The summed E-state index contributed by atoms with van der Waals surface area (Å²) >= 11 is 0. The Morgan fingerprint density at radius 3 is 2.14 bits per heavy atom. The Hall–Kier alpha value is -1.85. The monoisotopic (exact) mass is 317 g/mol. The van der Waals surface area contributed by atoms with Crippen LogP contribution in [0.2, 0.25) is 0 Å². The summed E-state index contributed by atoms with van der Waals surface area (Å²) < 4.78 is 30.6. The molecule has 3 rings (SSSR count). The quantitative estimate of drug-likeness (QED) is 0.939. The van der Waals surface area contributed by atoms with E-state index in [0.717, 1.165) is 16.9 Å². The van der Waals surface area contributed by atoms with Crippen molar-refractivity contribution in [3.05, 3.63) is 59.7 Å². The molecule has 22 heavy (non-hydrogen) atoms. The summed E-state index contributed by atoms with van der Waals surface area (Å²) in [4.78, 5) is 0.342. The van der Waals surface area contributed by atoms with Gasteiger partial charge in [0, 0.05) is 12.0 Å². The van der Waals surface area contributed by atoms with Gasteiger partial charge in [-0.1, -0.05) is 29.8 Å². The molecule has 2 N–H and O–H groups in total. The molecule has 3 atom stereocenters. The van der Waals surface area contributed by atoms with E-state index in [1.807, 2.05) is 43.3 Å². The van der Waals surface area contributed by atoms with Gasteiger partial charge in [-0.3, -0.25) is 0 Å². The first-order chi connectivity index (χ1) is 10.4. The second-order valence-corrected chi connectivity index (χ2v) is 7.80. The smallest absolute Gasteiger partial charge is 0.183 e. The molecule has 0 spiro atoms. The Bertz CT molecular complexity index is 767. The fourth-order valence-corrected chi connectivity index (χ4v) is 4.87. The topological polar surface area (TPSA) is 69.4 Å². The minimum atomic E-state index is -3.40. The van der Waals surface area contributed by atoms with E-state index in [2.05, 4.69) is 0 Å². The summed E-state index contributed by atoms with van der Waals surface area (Å²) in [5.41, 5.74) is 8.03. The molecule has 1 aliphatic rings. The lowest BCUT2D eigenvalue weighted by molar-refractivity contribution is 0.414. The van der Waals surface area contributed by atoms with Crippen LogP contribution in [0, 0.1) is 6.92 Å². The first-order valence-electron chi connectivity index (χ1n) is 7.15. The molecule has 1 fully saturated rings. The van der Waals surface area contributed by atoms with Gasteiger partial charge in [0.15, 0.2) is 9.84 Å². The van der Waals surface area contributed by atoms with E-state index in [9.17, 15) is 8.42 Å². The Kier molecular flexibility index (Phi) is 3.70. The molecule has 4 nitrogen and oxygen atoms in total. The largest absolute Gasteiger partial charge is 0.497 e. The fraction of sp³-hybridized carbons (Fsp3) is 0.294. The van der Waals surface area contributed by atoms with E-state index in [1.54, 1.807) is 19.2 Å². The van der Waals surface area contributed by atoms with Crippen LogP contribution >= 0.6 is 0 Å². The number of ether oxygens (including phenoxy) is 1. The van der Waals surface area contributed by atoms with Crippen molar-refractivity contribution in [1.29, 1.82) is 0 Å². The van der Waals surface area contributed by atoms with Gasteiger partial charge in [0.1, 0.15) is 5.75 Å². The van der Waals surface area contributed by atoms with Crippen LogP contribution in [0.25, 0.3) is 0 Å². The third kappa shape index (κ3) is 2.51. The third-order valence-electron chi connectivity index (χ3n) is 4.22. The van der Waals surface area contributed by atoms with Crippen LogP contribution < -0.4 is 10.5 Å². The maximum Gasteiger partial charge on any atom is 0.183 e. The highest BCUT2D eigenvalue weighted by Gasteiger charge is 2.57. The van der Waals surface area contributed by atoms with Gasteiger partial charge in [-0.15, -0.1) is 0 Å². The predicted octanol–water partition coefficient (Wildman–Crippen LogP) is 2.27. The minimum absolute atomic E-state index is 0.155. The molecule has 0 bridgehead atoms. The van der Waals surface area contributed by atoms with Gasteiger partial charge >= 0.3 is 0 Å². The van der Waals surface area contributed by atoms with Crippen LogP contribution in [-0.2, 0) is 9.84 Å². The zero-order valence-corrected chi connectivity index (χ0v) is 13.4. The number of rotatable bonds is 4. The molecule has 0 heterocycles. The molecule has 2 aromatic carbocycles. The van der Waals surface area contributed by atoms with Gasteiger partial charge in [0.05, 0.1) is 17.3 Å². The molecule has 0 amide bonds. The zero-order valence-electron chi connectivity index (χ0n) is 12.6. The SMILES string of the molecule is COc1ccc([C@H]2[C@@H](N)[C@@H]2S(=O)(=O)c2ccc(C)cc2)cc1. The Morgan fingerprint density at radius 2 is 1.59 bits per heavy atom. The van der Waals surface area contributed by atoms with Crippen molar-refractivity contribution in [2.75, 3.05) is 7.11 Å². The number of hydrogen-bond donors (Lipinski definition) is 1. The Morgan fingerprint density at radius 1 is 1.00 bits per heavy atom. The van der Waals surface area contributed by atoms with Gasteiger partial charge < -0.3 is 10.5 Å². The van der Waals surface area contributed by atoms with E-state index < -0.39 is 15.1 Å². The number of hydrogen-bond acceptors (Lipinski definition) is 4. The number of aryl methyl sites for hydroxylation is 1. The zero-order chi connectivity index (χ0) is 15.9. The van der Waals surface area contributed by atoms with E-state index in [1.165, 1.54) is 0 Å². The third-order valence-corrected chi connectivity index (χ3v) is 6.47. The lowest BCUT2D eigenvalue weighted by Gasteiger charge is -2.05. The second kappa shape index (κ2) is 5.41. The van der Waals surface area contributed by atoms with Crippen molar-refractivity contribution in [3.8, 4) is 5.75 Å². The molecule has 0 aromatic heterocycles. The van der Waals surface area contributed by atoms with Crippen molar-refractivity contribution in [1.82, 2.24) is 0 Å². The van der Waals surface area contributed by atoms with Crippen LogP contribution in [0.5, 0.6) is 5.75 Å². The highest BCUT2D eigenvalue weighted by atomic mass is 32.2. The Balaban J connectivity index is 1.87. The number of methoxy groups -OCH3 is 1. The molecule has 0 saturated heterocycles. The van der Waals surface area contributed by atoms with Crippen LogP contribution in [0.15, 0.2) is 53.4 Å². The molecule has 1 aliphatic carbocycles. The summed E-state index contributed by atoms with van der Waals surface area (Å²) in [6.45, 7) is 1.93. The molecular weight excluding hydrogens is 298 g/mol. The lowest BCUT2D eigenvalue weighted by Crippen LogP contribution is -2.15. The summed E-state index contributed by atoms with van der Waals surface area (Å²) in [6.07, 6.45) is 0. The summed E-state index contributed by atoms with van der Waals surface area (Å²) in [5, 5.41) is -0.552. The first kappa shape index (κ1) is 15.1. The van der Waals surface area contributed by atoms with E-state index in [-0.39, 0.29) is 12.0 Å². The number of sulfone groups is 1. The van der Waals surface area contributed by atoms with Crippen molar-refractivity contribution < 1.29 is 13.2 Å². The number of nitrogens with two attached hydrogens (primary N) is 1. The van der Waals surface area contributed by atoms with Gasteiger partial charge in [-0.2, -0.15) is 0 Å². The van der Waals surface area contributed by atoms with Crippen molar-refractivity contribution >= 4 is 9.84 Å². The van der Waals surface area contributed by atoms with Crippen LogP contribution in [-0.4, -0.2) is 26.8 Å². The van der Waals surface area contributed by atoms with E-state index in [0.29, 0.717) is 4.90 Å². The molecule has 2 aromatic rings. The standard InChI is InChI=1S/C17H19NO3S/c1-11-3-9-14(10-4-11)22(19,20)17-15(16(17)18)12-5-7-13(21-2)8-6-12/h3-10,15-17H,18H2,1-2H3/t15-,16+,17+/m0/s1. The van der Waals surface area contributed by atoms with E-state index >= 15 is 0 Å².